The summed E-state index contributed by atoms with van der Waals surface area (Å²) in [4.78, 5) is 17.8. The molecule has 1 aliphatic rings. The van der Waals surface area contributed by atoms with Crippen molar-refractivity contribution >= 4 is 32.4 Å². The highest BCUT2D eigenvalue weighted by atomic mass is 32.2. The van der Waals surface area contributed by atoms with Crippen molar-refractivity contribution in [3.8, 4) is 5.75 Å². The summed E-state index contributed by atoms with van der Waals surface area (Å²) in [6.07, 6.45) is 0.552. The van der Waals surface area contributed by atoms with Gasteiger partial charge in [-0.05, 0) is 45.0 Å². The molecule has 0 saturated carbocycles. The smallest absolute Gasteiger partial charge is 0.257 e. The van der Waals surface area contributed by atoms with E-state index < -0.39 is 15.3 Å². The molecule has 146 valence electrons. The van der Waals surface area contributed by atoms with Crippen LogP contribution in [0.2, 0.25) is 0 Å². The van der Waals surface area contributed by atoms with Gasteiger partial charge in [0.2, 0.25) is 10.0 Å². The SMILES string of the molecule is CCOc1ccc(C(=O)Nc2nc3c(s2)CN(S(=O)(=O)C(C)C)CC3)cc1. The van der Waals surface area contributed by atoms with Gasteiger partial charge in [0, 0.05) is 30.0 Å². The van der Waals surface area contributed by atoms with Crippen molar-refractivity contribution < 1.29 is 17.9 Å². The molecule has 0 saturated heterocycles. The van der Waals surface area contributed by atoms with Gasteiger partial charge in [-0.3, -0.25) is 10.1 Å². The average molecular weight is 410 g/mol. The summed E-state index contributed by atoms with van der Waals surface area (Å²) in [5, 5.41) is 2.84. The predicted molar refractivity (Wildman–Crippen MR) is 106 cm³/mol. The van der Waals surface area contributed by atoms with Crippen LogP contribution in [0, 0.1) is 0 Å². The van der Waals surface area contributed by atoms with Crippen LogP contribution in [0.15, 0.2) is 24.3 Å². The number of amides is 1. The molecular weight excluding hydrogens is 386 g/mol. The average Bonchev–Trinajstić information content (AvgIpc) is 3.03. The van der Waals surface area contributed by atoms with Gasteiger partial charge in [-0.2, -0.15) is 4.31 Å². The number of rotatable bonds is 6. The minimum atomic E-state index is -3.30. The molecule has 7 nitrogen and oxygen atoms in total. The molecule has 2 heterocycles. The molecular formula is C18H23N3O4S2. The number of ether oxygens (including phenoxy) is 1. The molecule has 2 aromatic rings. The van der Waals surface area contributed by atoms with Crippen LogP contribution in [-0.2, 0) is 23.0 Å². The third-order valence-electron chi connectivity index (χ3n) is 4.30. The number of hydrogen-bond acceptors (Lipinski definition) is 6. The van der Waals surface area contributed by atoms with Gasteiger partial charge in [0.15, 0.2) is 5.13 Å². The number of hydrogen-bond donors (Lipinski definition) is 1. The Morgan fingerprint density at radius 1 is 1.33 bits per heavy atom. The van der Waals surface area contributed by atoms with E-state index in [1.807, 2.05) is 6.92 Å². The molecule has 0 radical (unpaired) electrons. The first kappa shape index (κ1) is 19.8. The van der Waals surface area contributed by atoms with Crippen molar-refractivity contribution in [2.45, 2.75) is 39.0 Å². The van der Waals surface area contributed by atoms with E-state index in [2.05, 4.69) is 10.3 Å². The number of nitrogens with zero attached hydrogens (tertiary/aromatic N) is 2. The van der Waals surface area contributed by atoms with Gasteiger partial charge >= 0.3 is 0 Å². The number of thiazole rings is 1. The first-order chi connectivity index (χ1) is 12.8. The summed E-state index contributed by atoms with van der Waals surface area (Å²) in [5.41, 5.74) is 1.37. The van der Waals surface area contributed by atoms with E-state index in [1.165, 1.54) is 15.6 Å². The Kier molecular flexibility index (Phi) is 5.83. The van der Waals surface area contributed by atoms with Crippen molar-refractivity contribution in [3.63, 3.8) is 0 Å². The first-order valence-electron chi connectivity index (χ1n) is 8.83. The van der Waals surface area contributed by atoms with Gasteiger partial charge in [-0.25, -0.2) is 13.4 Å². The molecule has 1 aromatic heterocycles. The van der Waals surface area contributed by atoms with Crippen molar-refractivity contribution in [2.75, 3.05) is 18.5 Å². The van der Waals surface area contributed by atoms with Crippen molar-refractivity contribution in [1.82, 2.24) is 9.29 Å². The van der Waals surface area contributed by atoms with E-state index in [0.29, 0.717) is 42.6 Å². The largest absolute Gasteiger partial charge is 0.494 e. The fraction of sp³-hybridized carbons (Fsp3) is 0.444. The Balaban J connectivity index is 1.70. The number of aromatic nitrogens is 1. The molecule has 0 spiro atoms. The maximum absolute atomic E-state index is 12.4. The third kappa shape index (κ3) is 4.31. The molecule has 3 rings (SSSR count). The Labute approximate surface area is 163 Å². The van der Waals surface area contributed by atoms with Gasteiger partial charge in [0.25, 0.3) is 5.91 Å². The van der Waals surface area contributed by atoms with Crippen LogP contribution in [0.5, 0.6) is 5.75 Å². The Morgan fingerprint density at radius 3 is 2.67 bits per heavy atom. The molecule has 1 N–H and O–H groups in total. The second kappa shape index (κ2) is 7.95. The third-order valence-corrected chi connectivity index (χ3v) is 7.52. The van der Waals surface area contributed by atoms with Crippen LogP contribution in [0.1, 0.15) is 41.7 Å². The summed E-state index contributed by atoms with van der Waals surface area (Å²) in [7, 11) is -3.30. The first-order valence-corrected chi connectivity index (χ1v) is 11.1. The maximum Gasteiger partial charge on any atom is 0.257 e. The molecule has 0 aliphatic carbocycles. The zero-order chi connectivity index (χ0) is 19.6. The number of fused-ring (bicyclic) bond motifs is 1. The Bertz CT molecular complexity index is 921. The van der Waals surface area contributed by atoms with Crippen LogP contribution < -0.4 is 10.1 Å². The number of anilines is 1. The fourth-order valence-corrected chi connectivity index (χ4v) is 5.13. The van der Waals surface area contributed by atoms with Gasteiger partial charge in [0.05, 0.1) is 17.6 Å². The molecule has 1 amide bonds. The number of nitrogens with one attached hydrogen (secondary N) is 1. The van der Waals surface area contributed by atoms with Gasteiger partial charge < -0.3 is 4.74 Å². The van der Waals surface area contributed by atoms with E-state index in [4.69, 9.17) is 4.74 Å². The molecule has 0 unspecified atom stereocenters. The molecule has 0 atom stereocenters. The van der Waals surface area contributed by atoms with E-state index >= 15 is 0 Å². The summed E-state index contributed by atoms with van der Waals surface area (Å²) in [6.45, 7) is 6.56. The van der Waals surface area contributed by atoms with Gasteiger partial charge in [-0.1, -0.05) is 0 Å². The lowest BCUT2D eigenvalue weighted by atomic mass is 10.2. The fourth-order valence-electron chi connectivity index (χ4n) is 2.78. The van der Waals surface area contributed by atoms with E-state index in [1.54, 1.807) is 38.1 Å². The second-order valence-corrected chi connectivity index (χ2v) is 10.1. The van der Waals surface area contributed by atoms with Crippen molar-refractivity contribution in [3.05, 3.63) is 40.4 Å². The topological polar surface area (TPSA) is 88.6 Å². The monoisotopic (exact) mass is 409 g/mol. The summed E-state index contributed by atoms with van der Waals surface area (Å²) in [5.74, 6) is 0.459. The number of benzene rings is 1. The quantitative estimate of drug-likeness (QED) is 0.792. The number of carbonyl (C=O) groups excluding carboxylic acids is 1. The normalized spacial score (nSPS) is 14.8. The minimum absolute atomic E-state index is 0.254. The molecule has 0 bridgehead atoms. The van der Waals surface area contributed by atoms with Crippen LogP contribution in [0.25, 0.3) is 0 Å². The summed E-state index contributed by atoms with van der Waals surface area (Å²) < 4.78 is 31.6. The van der Waals surface area contributed by atoms with Crippen molar-refractivity contribution in [1.29, 1.82) is 0 Å². The standard InChI is InChI=1S/C18H23N3O4S2/c1-4-25-14-7-5-13(6-8-14)17(22)20-18-19-15-9-10-21(11-16(15)26-18)27(23,24)12(2)3/h5-8,12H,4,9-11H2,1-3H3,(H,19,20,22). The molecule has 27 heavy (non-hydrogen) atoms. The lowest BCUT2D eigenvalue weighted by Crippen LogP contribution is -2.39. The van der Waals surface area contributed by atoms with Crippen LogP contribution in [0.3, 0.4) is 0 Å². The zero-order valence-corrected chi connectivity index (χ0v) is 17.2. The second-order valence-electron chi connectivity index (χ2n) is 6.48. The minimum Gasteiger partial charge on any atom is -0.494 e. The lowest BCUT2D eigenvalue weighted by molar-refractivity contribution is 0.102. The van der Waals surface area contributed by atoms with E-state index in [0.717, 1.165) is 10.6 Å². The van der Waals surface area contributed by atoms with Crippen molar-refractivity contribution in [2.24, 2.45) is 0 Å². The highest BCUT2D eigenvalue weighted by molar-refractivity contribution is 7.89. The van der Waals surface area contributed by atoms with E-state index in [-0.39, 0.29) is 5.91 Å². The van der Waals surface area contributed by atoms with Gasteiger partial charge in [-0.15, -0.1) is 11.3 Å². The van der Waals surface area contributed by atoms with Crippen LogP contribution in [-0.4, -0.2) is 42.0 Å². The van der Waals surface area contributed by atoms with Crippen LogP contribution in [0.4, 0.5) is 5.13 Å². The zero-order valence-electron chi connectivity index (χ0n) is 15.6. The van der Waals surface area contributed by atoms with Crippen LogP contribution >= 0.6 is 11.3 Å². The number of sulfonamides is 1. The Hall–Kier alpha value is -1.97. The van der Waals surface area contributed by atoms with E-state index in [9.17, 15) is 13.2 Å². The predicted octanol–water partition coefficient (Wildman–Crippen LogP) is 2.89. The highest BCUT2D eigenvalue weighted by Crippen LogP contribution is 2.30. The molecule has 1 aromatic carbocycles. The number of carbonyl (C=O) groups is 1. The summed E-state index contributed by atoms with van der Waals surface area (Å²) in [6, 6.07) is 6.90. The highest BCUT2D eigenvalue weighted by Gasteiger charge is 2.31. The Morgan fingerprint density at radius 2 is 2.04 bits per heavy atom. The summed E-state index contributed by atoms with van der Waals surface area (Å²) >= 11 is 1.33. The van der Waals surface area contributed by atoms with Gasteiger partial charge in [0.1, 0.15) is 5.75 Å². The molecule has 1 aliphatic heterocycles. The maximum atomic E-state index is 12.4. The molecule has 0 fully saturated rings. The lowest BCUT2D eigenvalue weighted by Gasteiger charge is -2.26. The molecule has 9 heteroatoms.